The second-order valence-electron chi connectivity index (χ2n) is 10.1. The standard InChI is InChI=1S/C29H39N3O4/c1-21(2)19-35-20-25(33)17-31(16-23-14-15-23)18-26-22(3)30-32(24-10-6-5-7-11-24)29(26)36-28-13-9-8-12-27(28)34-4/h5-13,21,23,25,33H,14-20H2,1-4H3/t25-/m1/s1. The third-order valence-electron chi connectivity index (χ3n) is 6.24. The van der Waals surface area contributed by atoms with Crippen LogP contribution in [0.25, 0.3) is 5.69 Å². The zero-order chi connectivity index (χ0) is 25.5. The first-order chi connectivity index (χ1) is 17.4. The van der Waals surface area contributed by atoms with E-state index in [9.17, 15) is 5.11 Å². The van der Waals surface area contributed by atoms with E-state index in [2.05, 4.69) is 18.7 Å². The molecule has 2 aromatic carbocycles. The van der Waals surface area contributed by atoms with Crippen LogP contribution < -0.4 is 9.47 Å². The molecule has 1 aliphatic rings. The highest BCUT2D eigenvalue weighted by atomic mass is 16.5. The number of para-hydroxylation sites is 3. The van der Waals surface area contributed by atoms with Crippen LogP contribution >= 0.6 is 0 Å². The van der Waals surface area contributed by atoms with Gasteiger partial charge in [0.1, 0.15) is 0 Å². The number of aliphatic hydroxyl groups is 1. The summed E-state index contributed by atoms with van der Waals surface area (Å²) >= 11 is 0. The second kappa shape index (κ2) is 12.4. The Morgan fingerprint density at radius 2 is 1.72 bits per heavy atom. The van der Waals surface area contributed by atoms with Gasteiger partial charge in [0, 0.05) is 26.2 Å². The van der Waals surface area contributed by atoms with Crippen molar-refractivity contribution in [3.63, 3.8) is 0 Å². The summed E-state index contributed by atoms with van der Waals surface area (Å²) in [4.78, 5) is 2.31. The summed E-state index contributed by atoms with van der Waals surface area (Å²) in [5.74, 6) is 3.08. The molecule has 36 heavy (non-hydrogen) atoms. The van der Waals surface area contributed by atoms with Crippen LogP contribution in [-0.2, 0) is 11.3 Å². The number of benzene rings is 2. The summed E-state index contributed by atoms with van der Waals surface area (Å²) in [5, 5.41) is 15.6. The van der Waals surface area contributed by atoms with E-state index in [1.807, 2.05) is 66.2 Å². The smallest absolute Gasteiger partial charge is 0.227 e. The summed E-state index contributed by atoms with van der Waals surface area (Å²) in [6.07, 6.45) is 1.93. The Hall–Kier alpha value is -2.87. The van der Waals surface area contributed by atoms with E-state index in [4.69, 9.17) is 19.3 Å². The largest absolute Gasteiger partial charge is 0.493 e. The third-order valence-corrected chi connectivity index (χ3v) is 6.24. The average Bonchev–Trinajstić information content (AvgIpc) is 3.63. The van der Waals surface area contributed by atoms with Gasteiger partial charge in [-0.25, -0.2) is 4.68 Å². The molecule has 0 amide bonds. The quantitative estimate of drug-likeness (QED) is 0.332. The van der Waals surface area contributed by atoms with Crippen molar-refractivity contribution in [3.8, 4) is 23.1 Å². The first kappa shape index (κ1) is 26.2. The Balaban J connectivity index is 1.62. The molecule has 0 unspecified atom stereocenters. The van der Waals surface area contributed by atoms with Gasteiger partial charge < -0.3 is 19.3 Å². The lowest BCUT2D eigenvalue weighted by molar-refractivity contribution is 0.00609. The fourth-order valence-corrected chi connectivity index (χ4v) is 4.26. The van der Waals surface area contributed by atoms with Crippen LogP contribution in [-0.4, -0.2) is 59.3 Å². The Bertz CT molecular complexity index is 1100. The van der Waals surface area contributed by atoms with Gasteiger partial charge in [-0.3, -0.25) is 4.90 Å². The Kier molecular flexibility index (Phi) is 9.02. The van der Waals surface area contributed by atoms with Crippen LogP contribution in [0.3, 0.4) is 0 Å². The molecule has 0 saturated heterocycles. The van der Waals surface area contributed by atoms with Crippen molar-refractivity contribution in [2.75, 3.05) is 33.4 Å². The number of ether oxygens (including phenoxy) is 3. The minimum atomic E-state index is -0.550. The summed E-state index contributed by atoms with van der Waals surface area (Å²) in [6.45, 7) is 9.34. The number of aryl methyl sites for hydroxylation is 1. The number of hydrogen-bond donors (Lipinski definition) is 1. The van der Waals surface area contributed by atoms with Gasteiger partial charge in [0.15, 0.2) is 11.5 Å². The maximum Gasteiger partial charge on any atom is 0.227 e. The highest BCUT2D eigenvalue weighted by Crippen LogP contribution is 2.37. The summed E-state index contributed by atoms with van der Waals surface area (Å²) in [6, 6.07) is 17.6. The molecule has 194 valence electrons. The van der Waals surface area contributed by atoms with E-state index in [-0.39, 0.29) is 0 Å². The fraction of sp³-hybridized carbons (Fsp3) is 0.483. The topological polar surface area (TPSA) is 69.0 Å². The predicted octanol–water partition coefficient (Wildman–Crippen LogP) is 5.23. The first-order valence-corrected chi connectivity index (χ1v) is 12.9. The molecule has 1 aromatic heterocycles. The fourth-order valence-electron chi connectivity index (χ4n) is 4.26. The zero-order valence-electron chi connectivity index (χ0n) is 21.9. The van der Waals surface area contributed by atoms with Crippen molar-refractivity contribution in [3.05, 3.63) is 65.9 Å². The van der Waals surface area contributed by atoms with E-state index < -0.39 is 6.10 Å². The highest BCUT2D eigenvalue weighted by molar-refractivity contribution is 5.47. The van der Waals surface area contributed by atoms with Crippen LogP contribution in [0.1, 0.15) is 37.9 Å². The van der Waals surface area contributed by atoms with Crippen LogP contribution in [0, 0.1) is 18.8 Å². The summed E-state index contributed by atoms with van der Waals surface area (Å²) in [7, 11) is 1.64. The maximum atomic E-state index is 10.7. The number of rotatable bonds is 14. The van der Waals surface area contributed by atoms with Gasteiger partial charge in [-0.2, -0.15) is 5.10 Å². The van der Waals surface area contributed by atoms with Crippen LogP contribution in [0.2, 0.25) is 0 Å². The van der Waals surface area contributed by atoms with Gasteiger partial charge in [-0.05, 0) is 55.9 Å². The van der Waals surface area contributed by atoms with E-state index in [0.717, 1.165) is 23.5 Å². The SMILES string of the molecule is COc1ccccc1Oc1c(CN(CC2CC2)C[C@@H](O)COCC(C)C)c(C)nn1-c1ccccc1. The van der Waals surface area contributed by atoms with Crippen LogP contribution in [0.5, 0.6) is 17.4 Å². The van der Waals surface area contributed by atoms with E-state index in [1.54, 1.807) is 7.11 Å². The third kappa shape index (κ3) is 7.09. The lowest BCUT2D eigenvalue weighted by Crippen LogP contribution is -2.36. The summed E-state index contributed by atoms with van der Waals surface area (Å²) < 4.78 is 19.6. The molecule has 1 atom stereocenters. The lowest BCUT2D eigenvalue weighted by atomic mass is 10.2. The molecule has 7 heteroatoms. The number of aliphatic hydroxyl groups excluding tert-OH is 1. The second-order valence-corrected chi connectivity index (χ2v) is 10.1. The number of aromatic nitrogens is 2. The van der Waals surface area contributed by atoms with Gasteiger partial charge in [0.05, 0.1) is 36.8 Å². The van der Waals surface area contributed by atoms with Crippen molar-refractivity contribution < 1.29 is 19.3 Å². The van der Waals surface area contributed by atoms with Crippen molar-refractivity contribution in [2.24, 2.45) is 11.8 Å². The van der Waals surface area contributed by atoms with Gasteiger partial charge in [-0.15, -0.1) is 0 Å². The van der Waals surface area contributed by atoms with Gasteiger partial charge in [0.2, 0.25) is 5.88 Å². The molecular formula is C29H39N3O4. The molecule has 1 N–H and O–H groups in total. The summed E-state index contributed by atoms with van der Waals surface area (Å²) in [5.41, 5.74) is 2.82. The van der Waals surface area contributed by atoms with Gasteiger partial charge in [0.25, 0.3) is 0 Å². The molecule has 4 rings (SSSR count). The average molecular weight is 494 g/mol. The molecule has 1 aliphatic carbocycles. The Labute approximate surface area is 214 Å². The molecule has 7 nitrogen and oxygen atoms in total. The minimum absolute atomic E-state index is 0.339. The van der Waals surface area contributed by atoms with Crippen molar-refractivity contribution in [1.29, 1.82) is 0 Å². The van der Waals surface area contributed by atoms with Crippen molar-refractivity contribution in [2.45, 2.75) is 46.3 Å². The maximum absolute atomic E-state index is 10.7. The molecular weight excluding hydrogens is 454 g/mol. The monoisotopic (exact) mass is 493 g/mol. The van der Waals surface area contributed by atoms with E-state index in [0.29, 0.717) is 55.5 Å². The highest BCUT2D eigenvalue weighted by Gasteiger charge is 2.28. The molecule has 1 heterocycles. The van der Waals surface area contributed by atoms with Gasteiger partial charge in [-0.1, -0.05) is 44.2 Å². The van der Waals surface area contributed by atoms with Crippen molar-refractivity contribution in [1.82, 2.24) is 14.7 Å². The molecule has 1 saturated carbocycles. The Morgan fingerprint density at radius 1 is 1.03 bits per heavy atom. The molecule has 0 aliphatic heterocycles. The van der Waals surface area contributed by atoms with Crippen molar-refractivity contribution >= 4 is 0 Å². The zero-order valence-corrected chi connectivity index (χ0v) is 21.9. The molecule has 0 radical (unpaired) electrons. The van der Waals surface area contributed by atoms with Crippen LogP contribution in [0.15, 0.2) is 54.6 Å². The molecule has 0 spiro atoms. The number of nitrogens with zero attached hydrogens (tertiary/aromatic N) is 3. The number of methoxy groups -OCH3 is 1. The lowest BCUT2D eigenvalue weighted by Gasteiger charge is -2.25. The van der Waals surface area contributed by atoms with E-state index in [1.165, 1.54) is 12.8 Å². The minimum Gasteiger partial charge on any atom is -0.493 e. The number of hydrogen-bond acceptors (Lipinski definition) is 6. The van der Waals surface area contributed by atoms with Gasteiger partial charge >= 0.3 is 0 Å². The Morgan fingerprint density at radius 3 is 2.39 bits per heavy atom. The molecule has 1 fully saturated rings. The first-order valence-electron chi connectivity index (χ1n) is 12.9. The molecule has 3 aromatic rings. The predicted molar refractivity (Wildman–Crippen MR) is 141 cm³/mol. The molecule has 0 bridgehead atoms. The van der Waals surface area contributed by atoms with E-state index >= 15 is 0 Å². The van der Waals surface area contributed by atoms with Crippen LogP contribution in [0.4, 0.5) is 0 Å². The normalized spacial score (nSPS) is 14.4.